The lowest BCUT2D eigenvalue weighted by Crippen LogP contribution is -2.19. The summed E-state index contributed by atoms with van der Waals surface area (Å²) in [5.74, 6) is 6.02. The van der Waals surface area contributed by atoms with Crippen LogP contribution in [0, 0.1) is 11.8 Å². The van der Waals surface area contributed by atoms with Gasteiger partial charge in [0.25, 0.3) is 0 Å². The van der Waals surface area contributed by atoms with E-state index in [2.05, 4.69) is 17.2 Å². The average Bonchev–Trinajstić information content (AvgIpc) is 2.66. The lowest BCUT2D eigenvalue weighted by Gasteiger charge is -2.04. The highest BCUT2D eigenvalue weighted by Crippen LogP contribution is 2.19. The Morgan fingerprint density at radius 3 is 2.41 bits per heavy atom. The topological polar surface area (TPSA) is 92.7 Å². The second-order valence-corrected chi connectivity index (χ2v) is 7.27. The molecule has 2 rings (SSSR count). The first kappa shape index (κ1) is 20.1. The van der Waals surface area contributed by atoms with Crippen molar-refractivity contribution in [3.8, 4) is 17.6 Å². The maximum atomic E-state index is 12.4. The summed E-state index contributed by atoms with van der Waals surface area (Å²) >= 11 is 0. The third-order valence-corrected chi connectivity index (χ3v) is 4.93. The number of hydrogen-bond donors (Lipinski definition) is 2. The second-order valence-electron chi connectivity index (χ2n) is 5.43. The monoisotopic (exact) mass is 385 g/mol. The Kier molecular flexibility index (Phi) is 7.03. The zero-order chi connectivity index (χ0) is 19.7. The fourth-order valence-electron chi connectivity index (χ4n) is 2.09. The molecule has 2 aromatic carbocycles. The molecule has 0 fully saturated rings. The Bertz CT molecular complexity index is 966. The number of benzene rings is 2. The van der Waals surface area contributed by atoms with Gasteiger partial charge in [-0.3, -0.25) is 0 Å². The van der Waals surface area contributed by atoms with Crippen molar-refractivity contribution in [3.63, 3.8) is 0 Å². The van der Waals surface area contributed by atoms with Crippen molar-refractivity contribution in [2.45, 2.75) is 18.4 Å². The minimum absolute atomic E-state index is 0.162. The molecule has 0 aliphatic rings. The summed E-state index contributed by atoms with van der Waals surface area (Å²) in [4.78, 5) is 10.6. The number of rotatable bonds is 7. The van der Waals surface area contributed by atoms with Crippen LogP contribution < -0.4 is 10.1 Å². The maximum absolute atomic E-state index is 12.4. The summed E-state index contributed by atoms with van der Waals surface area (Å²) in [6.07, 6.45) is 0.394. The molecule has 0 radical (unpaired) electrons. The Labute approximate surface area is 158 Å². The van der Waals surface area contributed by atoms with Gasteiger partial charge in [0.15, 0.2) is 9.84 Å². The zero-order valence-electron chi connectivity index (χ0n) is 14.7. The predicted molar refractivity (Wildman–Crippen MR) is 103 cm³/mol. The SMILES string of the molecule is CC#CCOc1ccc(S(=O)(=O)C=Cc2ccc(CNC(=O)O)cc2)cc1. The molecule has 0 aliphatic heterocycles. The number of ether oxygens (including phenoxy) is 1. The highest BCUT2D eigenvalue weighted by atomic mass is 32.2. The summed E-state index contributed by atoms with van der Waals surface area (Å²) in [6.45, 7) is 2.15. The first-order valence-electron chi connectivity index (χ1n) is 8.02. The van der Waals surface area contributed by atoms with E-state index in [0.29, 0.717) is 11.3 Å². The van der Waals surface area contributed by atoms with E-state index >= 15 is 0 Å². The van der Waals surface area contributed by atoms with E-state index in [-0.39, 0.29) is 18.0 Å². The van der Waals surface area contributed by atoms with Crippen LogP contribution >= 0.6 is 0 Å². The number of carbonyl (C=O) groups is 1. The molecule has 0 spiro atoms. The molecule has 6 nitrogen and oxygen atoms in total. The van der Waals surface area contributed by atoms with E-state index in [0.717, 1.165) is 11.0 Å². The molecule has 0 bridgehead atoms. The van der Waals surface area contributed by atoms with Crippen LogP contribution in [0.4, 0.5) is 4.79 Å². The number of nitrogens with one attached hydrogen (secondary N) is 1. The van der Waals surface area contributed by atoms with Crippen molar-refractivity contribution >= 4 is 22.0 Å². The molecule has 27 heavy (non-hydrogen) atoms. The molecule has 1 amide bonds. The molecule has 0 aliphatic carbocycles. The highest BCUT2D eigenvalue weighted by Gasteiger charge is 2.10. The minimum Gasteiger partial charge on any atom is -0.481 e. The van der Waals surface area contributed by atoms with Crippen LogP contribution in [0.2, 0.25) is 0 Å². The molecular weight excluding hydrogens is 366 g/mol. The first-order valence-corrected chi connectivity index (χ1v) is 9.57. The van der Waals surface area contributed by atoms with Crippen LogP contribution in [0.5, 0.6) is 5.75 Å². The third kappa shape index (κ3) is 6.53. The summed E-state index contributed by atoms with van der Waals surface area (Å²) in [6, 6.07) is 13.0. The molecule has 0 saturated heterocycles. The Morgan fingerprint density at radius 2 is 1.81 bits per heavy atom. The van der Waals surface area contributed by atoms with Crippen LogP contribution in [-0.2, 0) is 16.4 Å². The number of amides is 1. The van der Waals surface area contributed by atoms with Gasteiger partial charge in [0.1, 0.15) is 12.4 Å². The van der Waals surface area contributed by atoms with Gasteiger partial charge in [-0.2, -0.15) is 0 Å². The lowest BCUT2D eigenvalue weighted by molar-refractivity contribution is 0.194. The maximum Gasteiger partial charge on any atom is 0.404 e. The van der Waals surface area contributed by atoms with Crippen molar-refractivity contribution in [3.05, 3.63) is 65.1 Å². The van der Waals surface area contributed by atoms with Crippen molar-refractivity contribution < 1.29 is 23.1 Å². The van der Waals surface area contributed by atoms with Crippen LogP contribution in [0.15, 0.2) is 58.8 Å². The van der Waals surface area contributed by atoms with E-state index < -0.39 is 15.9 Å². The fourth-order valence-corrected chi connectivity index (χ4v) is 3.10. The van der Waals surface area contributed by atoms with Crippen molar-refractivity contribution in [2.24, 2.45) is 0 Å². The summed E-state index contributed by atoms with van der Waals surface area (Å²) in [7, 11) is -3.59. The van der Waals surface area contributed by atoms with Crippen LogP contribution in [0.25, 0.3) is 6.08 Å². The fraction of sp³-hybridized carbons (Fsp3) is 0.150. The van der Waals surface area contributed by atoms with Gasteiger partial charge in [0, 0.05) is 12.0 Å². The summed E-state index contributed by atoms with van der Waals surface area (Å²) in [5, 5.41) is 12.0. The summed E-state index contributed by atoms with van der Waals surface area (Å²) in [5.41, 5.74) is 1.47. The van der Waals surface area contributed by atoms with E-state index in [1.165, 1.54) is 18.2 Å². The predicted octanol–water partition coefficient (Wildman–Crippen LogP) is 3.30. The van der Waals surface area contributed by atoms with Crippen LogP contribution in [0.1, 0.15) is 18.1 Å². The van der Waals surface area contributed by atoms with E-state index in [1.807, 2.05) is 0 Å². The smallest absolute Gasteiger partial charge is 0.404 e. The van der Waals surface area contributed by atoms with Crippen molar-refractivity contribution in [1.29, 1.82) is 0 Å². The normalized spacial score (nSPS) is 10.9. The van der Waals surface area contributed by atoms with E-state index in [4.69, 9.17) is 9.84 Å². The van der Waals surface area contributed by atoms with Crippen LogP contribution in [0.3, 0.4) is 0 Å². The number of hydrogen-bond acceptors (Lipinski definition) is 4. The highest BCUT2D eigenvalue weighted by molar-refractivity contribution is 7.94. The van der Waals surface area contributed by atoms with Gasteiger partial charge >= 0.3 is 6.09 Å². The second kappa shape index (κ2) is 9.46. The van der Waals surface area contributed by atoms with Crippen LogP contribution in [-0.4, -0.2) is 26.2 Å². The van der Waals surface area contributed by atoms with Gasteiger partial charge in [0.2, 0.25) is 0 Å². The van der Waals surface area contributed by atoms with Gasteiger partial charge in [0.05, 0.1) is 4.90 Å². The molecule has 0 heterocycles. The Hall–Kier alpha value is -3.24. The molecule has 0 saturated carbocycles. The number of carboxylic acid groups (broad SMARTS) is 1. The molecule has 2 N–H and O–H groups in total. The van der Waals surface area contributed by atoms with Gasteiger partial charge in [-0.15, -0.1) is 5.92 Å². The molecular formula is C20H19NO5S. The van der Waals surface area contributed by atoms with E-state index in [1.54, 1.807) is 43.3 Å². The molecule has 0 unspecified atom stereocenters. The van der Waals surface area contributed by atoms with Crippen molar-refractivity contribution in [2.75, 3.05) is 6.61 Å². The molecule has 0 atom stereocenters. The van der Waals surface area contributed by atoms with Gasteiger partial charge in [-0.05, 0) is 48.4 Å². The lowest BCUT2D eigenvalue weighted by atomic mass is 10.1. The first-order chi connectivity index (χ1) is 12.9. The molecule has 7 heteroatoms. The molecule has 140 valence electrons. The average molecular weight is 385 g/mol. The van der Waals surface area contributed by atoms with Gasteiger partial charge in [-0.1, -0.05) is 30.2 Å². The standard InChI is InChI=1S/C20H19NO5S/c1-2-3-13-26-18-8-10-19(11-9-18)27(24,25)14-12-16-4-6-17(7-5-16)15-21-20(22)23/h4-12,14,21H,13,15H2,1H3,(H,22,23). The Morgan fingerprint density at radius 1 is 1.15 bits per heavy atom. The van der Waals surface area contributed by atoms with Crippen molar-refractivity contribution in [1.82, 2.24) is 5.32 Å². The molecule has 2 aromatic rings. The summed E-state index contributed by atoms with van der Waals surface area (Å²) < 4.78 is 30.2. The van der Waals surface area contributed by atoms with E-state index in [9.17, 15) is 13.2 Å². The van der Waals surface area contributed by atoms with Gasteiger partial charge in [-0.25, -0.2) is 13.2 Å². The third-order valence-electron chi connectivity index (χ3n) is 3.50. The zero-order valence-corrected chi connectivity index (χ0v) is 15.5. The minimum atomic E-state index is -3.59. The quantitative estimate of drug-likeness (QED) is 0.714. The largest absolute Gasteiger partial charge is 0.481 e. The molecule has 0 aromatic heterocycles. The number of sulfone groups is 1. The Balaban J connectivity index is 2.04. The van der Waals surface area contributed by atoms with Gasteiger partial charge < -0.3 is 15.2 Å².